The van der Waals surface area contributed by atoms with Crippen LogP contribution in [0.25, 0.3) is 11.3 Å². The Balaban J connectivity index is 1.43. The number of carbonyl (C=O) groups excluding carboxylic acids is 1. The Bertz CT molecular complexity index is 1940. The molecule has 2 aromatic heterocycles. The second kappa shape index (κ2) is 13.7. The van der Waals surface area contributed by atoms with Crippen molar-refractivity contribution >= 4 is 27.7 Å². The molecular weight excluding hydrogens is 639 g/mol. The molecule has 4 bridgehead atoms. The Morgan fingerprint density at radius 3 is 2.43 bits per heavy atom. The van der Waals surface area contributed by atoms with Gasteiger partial charge in [0, 0.05) is 30.8 Å². The van der Waals surface area contributed by atoms with Gasteiger partial charge in [0.1, 0.15) is 12.4 Å². The molecule has 1 fully saturated rings. The molecule has 1 N–H and O–H groups in total. The lowest BCUT2D eigenvalue weighted by Crippen LogP contribution is -2.43. The summed E-state index contributed by atoms with van der Waals surface area (Å²) in [5, 5.41) is 0. The van der Waals surface area contributed by atoms with Crippen LogP contribution >= 0.6 is 0 Å². The minimum Gasteiger partial charge on any atom is -0.475 e. The predicted molar refractivity (Wildman–Crippen MR) is 190 cm³/mol. The van der Waals surface area contributed by atoms with Gasteiger partial charge in [-0.05, 0) is 67.3 Å². The number of sulfonamides is 1. The van der Waals surface area contributed by atoms with Crippen molar-refractivity contribution in [3.05, 3.63) is 83.3 Å². The highest BCUT2D eigenvalue weighted by Crippen LogP contribution is 2.35. The standard InChI is InChI=1S/C37H45N7O4S/c1-24-9-7-10-25(2)34(24)31-18-33-41-36(40-31)42-49(46,47)30-12-8-11-27(17-30)35(45)44(29(22-48-33)16-15-26-13-14-26)21-28-19-38-20-32(39-28)43(6)23-37(3,4)5/h7-12,17-20,26,29H,13-16,21-23H2,1-6H3,(H,40,41,42)/t29-/m1/s1. The first-order valence-electron chi connectivity index (χ1n) is 16.8. The summed E-state index contributed by atoms with van der Waals surface area (Å²) < 4.78 is 36.3. The molecule has 12 heteroatoms. The van der Waals surface area contributed by atoms with Gasteiger partial charge in [-0.15, -0.1) is 0 Å². The zero-order chi connectivity index (χ0) is 34.9. The van der Waals surface area contributed by atoms with E-state index >= 15 is 0 Å². The van der Waals surface area contributed by atoms with E-state index in [2.05, 4.69) is 45.3 Å². The summed E-state index contributed by atoms with van der Waals surface area (Å²) in [5.41, 5.74) is 4.30. The van der Waals surface area contributed by atoms with E-state index in [9.17, 15) is 13.2 Å². The van der Waals surface area contributed by atoms with E-state index in [-0.39, 0.29) is 52.8 Å². The van der Waals surface area contributed by atoms with E-state index < -0.39 is 10.0 Å². The highest BCUT2D eigenvalue weighted by atomic mass is 32.2. The van der Waals surface area contributed by atoms with Crippen LogP contribution in [0.2, 0.25) is 0 Å². The Labute approximate surface area is 289 Å². The Morgan fingerprint density at radius 2 is 1.71 bits per heavy atom. The van der Waals surface area contributed by atoms with Gasteiger partial charge in [-0.1, -0.05) is 57.9 Å². The molecule has 2 aliphatic rings. The van der Waals surface area contributed by atoms with E-state index in [0.717, 1.165) is 29.7 Å². The maximum Gasteiger partial charge on any atom is 0.264 e. The largest absolute Gasteiger partial charge is 0.475 e. The number of benzene rings is 2. The van der Waals surface area contributed by atoms with Crippen molar-refractivity contribution in [3.8, 4) is 17.1 Å². The number of fused-ring (bicyclic) bond motifs is 4. The van der Waals surface area contributed by atoms with Crippen LogP contribution in [0.15, 0.2) is 65.8 Å². The summed E-state index contributed by atoms with van der Waals surface area (Å²) in [7, 11) is -2.18. The van der Waals surface area contributed by atoms with Crippen molar-refractivity contribution in [2.75, 3.05) is 29.8 Å². The first-order chi connectivity index (χ1) is 23.3. The molecule has 1 aliphatic heterocycles. The van der Waals surface area contributed by atoms with E-state index in [1.54, 1.807) is 35.5 Å². The van der Waals surface area contributed by atoms with Crippen LogP contribution in [0.5, 0.6) is 5.88 Å². The summed E-state index contributed by atoms with van der Waals surface area (Å²) in [6.07, 6.45) is 7.40. The fourth-order valence-electron chi connectivity index (χ4n) is 6.37. The third kappa shape index (κ3) is 8.36. The first-order valence-corrected chi connectivity index (χ1v) is 18.3. The monoisotopic (exact) mass is 683 g/mol. The summed E-state index contributed by atoms with van der Waals surface area (Å²) in [5.74, 6) is 1.12. The van der Waals surface area contributed by atoms with Crippen molar-refractivity contribution < 1.29 is 17.9 Å². The summed E-state index contributed by atoms with van der Waals surface area (Å²) in [4.78, 5) is 36.7. The van der Waals surface area contributed by atoms with E-state index in [1.165, 1.54) is 25.0 Å². The van der Waals surface area contributed by atoms with Crippen molar-refractivity contribution in [1.82, 2.24) is 24.8 Å². The van der Waals surface area contributed by atoms with Crippen LogP contribution in [-0.2, 0) is 16.6 Å². The van der Waals surface area contributed by atoms with Crippen LogP contribution in [0.1, 0.15) is 73.6 Å². The molecule has 1 amide bonds. The highest BCUT2D eigenvalue weighted by Gasteiger charge is 2.31. The summed E-state index contributed by atoms with van der Waals surface area (Å²) in [6, 6.07) is 13.4. The number of carbonyl (C=O) groups is 1. The molecule has 0 unspecified atom stereocenters. The average molecular weight is 684 g/mol. The Hall–Kier alpha value is -4.58. The SMILES string of the molecule is Cc1cccc(C)c1-c1cc2nc(n1)NS(=O)(=O)c1cccc(c1)C(=O)N(Cc1cncc(N(C)CC(C)(C)C)n1)[C@H](CCC1CC1)CO2. The molecule has 1 atom stereocenters. The van der Waals surface area contributed by atoms with Gasteiger partial charge in [0.05, 0.1) is 41.3 Å². The maximum absolute atomic E-state index is 14.5. The number of rotatable bonds is 8. The van der Waals surface area contributed by atoms with Crippen LogP contribution in [-0.4, -0.2) is 65.4 Å². The van der Waals surface area contributed by atoms with Gasteiger partial charge in [0.25, 0.3) is 15.9 Å². The van der Waals surface area contributed by atoms with E-state index in [0.29, 0.717) is 29.5 Å². The van der Waals surface area contributed by atoms with Crippen molar-refractivity contribution in [1.29, 1.82) is 0 Å². The Kier molecular flexibility index (Phi) is 9.61. The second-order valence-electron chi connectivity index (χ2n) is 14.5. The lowest BCUT2D eigenvalue weighted by Gasteiger charge is -2.32. The molecule has 1 saturated carbocycles. The molecule has 49 heavy (non-hydrogen) atoms. The van der Waals surface area contributed by atoms with Gasteiger partial charge in [-0.2, -0.15) is 4.98 Å². The zero-order valence-corrected chi connectivity index (χ0v) is 29.9. The lowest BCUT2D eigenvalue weighted by atomic mass is 9.96. The van der Waals surface area contributed by atoms with Crippen LogP contribution in [0.3, 0.4) is 0 Å². The molecule has 6 rings (SSSR count). The molecule has 0 spiro atoms. The van der Waals surface area contributed by atoms with E-state index in [4.69, 9.17) is 9.72 Å². The number of amides is 1. The summed E-state index contributed by atoms with van der Waals surface area (Å²) >= 11 is 0. The minimum absolute atomic E-state index is 0.0439. The number of nitrogens with zero attached hydrogens (tertiary/aromatic N) is 6. The van der Waals surface area contributed by atoms with Crippen molar-refractivity contribution in [2.24, 2.45) is 11.3 Å². The minimum atomic E-state index is -4.16. The van der Waals surface area contributed by atoms with Gasteiger partial charge >= 0.3 is 0 Å². The molecule has 4 aromatic rings. The second-order valence-corrected chi connectivity index (χ2v) is 16.2. The average Bonchev–Trinajstić information content (AvgIpc) is 3.87. The normalized spacial score (nSPS) is 17.6. The van der Waals surface area contributed by atoms with Crippen LogP contribution in [0.4, 0.5) is 11.8 Å². The number of anilines is 2. The van der Waals surface area contributed by atoms with Crippen LogP contribution in [0, 0.1) is 25.2 Å². The zero-order valence-electron chi connectivity index (χ0n) is 29.1. The van der Waals surface area contributed by atoms with Gasteiger partial charge in [-0.25, -0.2) is 23.1 Å². The maximum atomic E-state index is 14.5. The lowest BCUT2D eigenvalue weighted by molar-refractivity contribution is 0.0564. The number of ether oxygens (including phenoxy) is 1. The molecule has 0 radical (unpaired) electrons. The number of aromatic nitrogens is 4. The van der Waals surface area contributed by atoms with Gasteiger partial charge in [0.2, 0.25) is 11.8 Å². The third-order valence-electron chi connectivity index (χ3n) is 8.89. The van der Waals surface area contributed by atoms with Gasteiger partial charge in [0.15, 0.2) is 0 Å². The van der Waals surface area contributed by atoms with Gasteiger partial charge in [-0.3, -0.25) is 9.78 Å². The van der Waals surface area contributed by atoms with Gasteiger partial charge < -0.3 is 14.5 Å². The highest BCUT2D eigenvalue weighted by molar-refractivity contribution is 7.92. The molecule has 3 heterocycles. The number of hydrogen-bond donors (Lipinski definition) is 1. The number of aryl methyl sites for hydroxylation is 2. The molecule has 0 saturated heterocycles. The molecular formula is C37H45N7O4S. The van der Waals surface area contributed by atoms with Crippen LogP contribution < -0.4 is 14.4 Å². The quantitative estimate of drug-likeness (QED) is 0.223. The topological polar surface area (TPSA) is 131 Å². The Morgan fingerprint density at radius 1 is 0.980 bits per heavy atom. The summed E-state index contributed by atoms with van der Waals surface area (Å²) in [6.45, 7) is 11.5. The van der Waals surface area contributed by atoms with Crippen molar-refractivity contribution in [2.45, 2.75) is 77.8 Å². The number of nitrogens with one attached hydrogen (secondary N) is 1. The molecule has 258 valence electrons. The smallest absolute Gasteiger partial charge is 0.264 e. The third-order valence-corrected chi connectivity index (χ3v) is 10.2. The predicted octanol–water partition coefficient (Wildman–Crippen LogP) is 6.43. The molecule has 2 aromatic carbocycles. The fourth-order valence-corrected chi connectivity index (χ4v) is 7.36. The fraction of sp³-hybridized carbons (Fsp3) is 0.432. The van der Waals surface area contributed by atoms with E-state index in [1.807, 2.05) is 39.1 Å². The van der Waals surface area contributed by atoms with Crippen molar-refractivity contribution in [3.63, 3.8) is 0 Å². The molecule has 11 nitrogen and oxygen atoms in total. The first kappa shape index (κ1) is 34.3. The number of hydrogen-bond acceptors (Lipinski definition) is 9. The molecule has 1 aliphatic carbocycles.